The Morgan fingerprint density at radius 2 is 1.71 bits per heavy atom. The van der Waals surface area contributed by atoms with Crippen LogP contribution in [0.25, 0.3) is 17.3 Å². The van der Waals surface area contributed by atoms with Gasteiger partial charge in [0.05, 0.1) is 10.2 Å². The summed E-state index contributed by atoms with van der Waals surface area (Å²) in [6, 6.07) is 18.2. The van der Waals surface area contributed by atoms with E-state index in [2.05, 4.69) is 4.74 Å². The fourth-order valence-corrected chi connectivity index (χ4v) is 3.57. The number of aromatic nitrogens is 1. The molecule has 8 heteroatoms. The van der Waals surface area contributed by atoms with Gasteiger partial charge in [-0.05, 0) is 24.3 Å². The molecule has 0 atom stereocenters. The van der Waals surface area contributed by atoms with Gasteiger partial charge in [0.2, 0.25) is 0 Å². The summed E-state index contributed by atoms with van der Waals surface area (Å²) in [5, 5.41) is 18.5. The molecule has 0 fully saturated rings. The third kappa shape index (κ3) is 3.83. The van der Waals surface area contributed by atoms with Gasteiger partial charge in [-0.3, -0.25) is 9.36 Å². The Balaban J connectivity index is 2.34. The summed E-state index contributed by atoms with van der Waals surface area (Å²) in [6.07, 6.45) is 1.40. The van der Waals surface area contributed by atoms with E-state index in [1.54, 1.807) is 48.5 Å². The molecule has 0 radical (unpaired) electrons. The van der Waals surface area contributed by atoms with E-state index in [1.807, 2.05) is 0 Å². The molecule has 138 valence electrons. The minimum atomic E-state index is -3.01. The van der Waals surface area contributed by atoms with Crippen LogP contribution >= 0.6 is 11.3 Å². The Kier molecular flexibility index (Phi) is 5.64. The zero-order valence-electron chi connectivity index (χ0n) is 14.2. The molecule has 28 heavy (non-hydrogen) atoms. The second-order valence-electron chi connectivity index (χ2n) is 5.41. The molecule has 0 aliphatic rings. The first-order valence-electron chi connectivity index (χ1n) is 7.92. The van der Waals surface area contributed by atoms with Crippen molar-refractivity contribution in [1.29, 1.82) is 10.5 Å². The van der Waals surface area contributed by atoms with Crippen LogP contribution in [0.15, 0.2) is 59.4 Å². The second-order valence-corrected chi connectivity index (χ2v) is 6.44. The lowest BCUT2D eigenvalue weighted by Crippen LogP contribution is -2.30. The van der Waals surface area contributed by atoms with Crippen LogP contribution in [0.5, 0.6) is 5.75 Å². The fourth-order valence-electron chi connectivity index (χ4n) is 2.53. The Morgan fingerprint density at radius 1 is 1.07 bits per heavy atom. The Bertz CT molecular complexity index is 1250. The van der Waals surface area contributed by atoms with E-state index < -0.39 is 12.2 Å². The van der Waals surface area contributed by atoms with Crippen molar-refractivity contribution >= 4 is 23.0 Å². The van der Waals surface area contributed by atoms with Gasteiger partial charge in [-0.2, -0.15) is 19.3 Å². The predicted molar refractivity (Wildman–Crippen MR) is 100 cm³/mol. The lowest BCUT2D eigenvalue weighted by atomic mass is 10.2. The van der Waals surface area contributed by atoms with Crippen molar-refractivity contribution in [1.82, 2.24) is 4.57 Å². The molecule has 1 heterocycles. The number of para-hydroxylation sites is 2. The summed E-state index contributed by atoms with van der Waals surface area (Å²) in [4.78, 5) is 13.0. The quantitative estimate of drug-likeness (QED) is 0.680. The number of hydrogen-bond donors (Lipinski definition) is 0. The molecule has 0 saturated heterocycles. The summed E-state index contributed by atoms with van der Waals surface area (Å²) in [5.41, 5.74) is 0.0747. The van der Waals surface area contributed by atoms with Gasteiger partial charge >= 0.3 is 6.61 Å². The molecule has 2 aromatic carbocycles. The van der Waals surface area contributed by atoms with Gasteiger partial charge in [-0.1, -0.05) is 36.4 Å². The largest absolute Gasteiger partial charge is 0.434 e. The molecule has 0 aliphatic carbocycles. The first-order valence-corrected chi connectivity index (χ1v) is 8.74. The van der Waals surface area contributed by atoms with Crippen LogP contribution in [-0.2, 0) is 0 Å². The smallest absolute Gasteiger partial charge is 0.387 e. The number of thiazole rings is 1. The predicted octanol–water partition coefficient (Wildman–Crippen LogP) is 2.53. The number of halogens is 2. The summed E-state index contributed by atoms with van der Waals surface area (Å²) in [7, 11) is 0. The average molecular weight is 395 g/mol. The fraction of sp³-hybridized carbons (Fsp3) is 0.0500. The topological polar surface area (TPSA) is 78.8 Å². The first kappa shape index (κ1) is 19.0. The van der Waals surface area contributed by atoms with Crippen molar-refractivity contribution in [2.24, 2.45) is 0 Å². The van der Waals surface area contributed by atoms with Crippen LogP contribution in [0.1, 0.15) is 5.56 Å². The maximum atomic E-state index is 13.0. The summed E-state index contributed by atoms with van der Waals surface area (Å²) >= 11 is 0.930. The number of benzene rings is 2. The average Bonchev–Trinajstić information content (AvgIpc) is 3.01. The number of rotatable bonds is 4. The second kappa shape index (κ2) is 8.30. The minimum Gasteiger partial charge on any atom is -0.434 e. The van der Waals surface area contributed by atoms with Crippen LogP contribution in [0.4, 0.5) is 8.78 Å². The number of ether oxygens (including phenoxy) is 1. The number of nitriles is 2. The molecule has 0 unspecified atom stereocenters. The Labute approximate surface area is 161 Å². The monoisotopic (exact) mass is 395 g/mol. The number of hydrogen-bond acceptors (Lipinski definition) is 5. The highest BCUT2D eigenvalue weighted by Gasteiger charge is 2.12. The zero-order valence-corrected chi connectivity index (χ0v) is 15.0. The van der Waals surface area contributed by atoms with Crippen LogP contribution < -0.4 is 19.5 Å². The number of nitrogens with zero attached hydrogens (tertiary/aromatic N) is 3. The van der Waals surface area contributed by atoms with Gasteiger partial charge in [-0.25, -0.2) is 0 Å². The minimum absolute atomic E-state index is 0.0807. The molecule has 1 aromatic heterocycles. The Morgan fingerprint density at radius 3 is 2.36 bits per heavy atom. The van der Waals surface area contributed by atoms with Gasteiger partial charge in [0.25, 0.3) is 5.56 Å². The van der Waals surface area contributed by atoms with E-state index in [0.29, 0.717) is 5.69 Å². The molecule has 0 aliphatic heterocycles. The molecule has 3 rings (SSSR count). The van der Waals surface area contributed by atoms with E-state index in [-0.39, 0.29) is 26.1 Å². The molecular formula is C20H11F2N3O2S. The molecule has 3 aromatic rings. The van der Waals surface area contributed by atoms with Crippen molar-refractivity contribution in [2.45, 2.75) is 6.61 Å². The zero-order chi connectivity index (χ0) is 20.1. The molecule has 0 amide bonds. The van der Waals surface area contributed by atoms with Crippen molar-refractivity contribution in [3.8, 4) is 23.6 Å². The van der Waals surface area contributed by atoms with Crippen molar-refractivity contribution in [3.05, 3.63) is 79.7 Å². The summed E-state index contributed by atoms with van der Waals surface area (Å²) in [6.45, 7) is -3.01. The molecule has 5 nitrogen and oxygen atoms in total. The standard InChI is InChI=1S/C20H11F2N3O2S/c21-20(22)27-16-9-5-4-6-13(16)10-17-18(26)25(15-7-2-1-3-8-15)19(28-17)14(11-23)12-24/h1-10,20H/b17-10-. The van der Waals surface area contributed by atoms with E-state index in [4.69, 9.17) is 0 Å². The van der Waals surface area contributed by atoms with Gasteiger partial charge < -0.3 is 4.74 Å². The van der Waals surface area contributed by atoms with Crippen LogP contribution in [0.2, 0.25) is 0 Å². The van der Waals surface area contributed by atoms with Crippen LogP contribution in [0, 0.1) is 22.7 Å². The lowest BCUT2D eigenvalue weighted by molar-refractivity contribution is -0.0499. The van der Waals surface area contributed by atoms with Crippen molar-refractivity contribution in [3.63, 3.8) is 0 Å². The van der Waals surface area contributed by atoms with Crippen LogP contribution in [-0.4, -0.2) is 11.2 Å². The highest BCUT2D eigenvalue weighted by Crippen LogP contribution is 2.20. The van der Waals surface area contributed by atoms with Gasteiger partial charge in [-0.15, -0.1) is 11.3 Å². The summed E-state index contributed by atoms with van der Waals surface area (Å²) < 4.78 is 31.4. The van der Waals surface area contributed by atoms with E-state index >= 15 is 0 Å². The molecule has 0 saturated carbocycles. The maximum absolute atomic E-state index is 13.0. The molecule has 0 bridgehead atoms. The van der Waals surface area contributed by atoms with Crippen LogP contribution in [0.3, 0.4) is 0 Å². The van der Waals surface area contributed by atoms with Gasteiger partial charge in [0.1, 0.15) is 22.6 Å². The summed E-state index contributed by atoms with van der Waals surface area (Å²) in [5.74, 6) is -0.0807. The highest BCUT2D eigenvalue weighted by molar-refractivity contribution is 7.07. The molecular weight excluding hydrogens is 384 g/mol. The first-order chi connectivity index (χ1) is 13.5. The Hall–Kier alpha value is -3.75. The van der Waals surface area contributed by atoms with Crippen molar-refractivity contribution < 1.29 is 13.5 Å². The lowest BCUT2D eigenvalue weighted by Gasteiger charge is -2.06. The van der Waals surface area contributed by atoms with Gasteiger partial charge in [0, 0.05) is 5.56 Å². The maximum Gasteiger partial charge on any atom is 0.387 e. The van der Waals surface area contributed by atoms with E-state index in [1.165, 1.54) is 28.8 Å². The third-order valence-electron chi connectivity index (χ3n) is 3.70. The van der Waals surface area contributed by atoms with Crippen molar-refractivity contribution in [2.75, 3.05) is 0 Å². The number of alkyl halides is 2. The normalized spacial score (nSPS) is 11.1. The van der Waals surface area contributed by atoms with Gasteiger partial charge in [0.15, 0.2) is 5.57 Å². The molecule has 0 N–H and O–H groups in total. The van der Waals surface area contributed by atoms with E-state index in [9.17, 15) is 24.1 Å². The molecule has 0 spiro atoms. The third-order valence-corrected chi connectivity index (χ3v) is 4.79. The van der Waals surface area contributed by atoms with E-state index in [0.717, 1.165) is 11.3 Å². The highest BCUT2D eigenvalue weighted by atomic mass is 32.1. The SMILES string of the molecule is N#CC(C#N)=c1s/c(=C\c2ccccc2OC(F)F)c(=O)n1-c1ccccc1.